The minimum absolute atomic E-state index is 0.0217. The zero-order valence-electron chi connectivity index (χ0n) is 23.2. The molecule has 1 aliphatic carbocycles. The zero-order chi connectivity index (χ0) is 27.5. The molecule has 4 aromatic rings. The van der Waals surface area contributed by atoms with Gasteiger partial charge in [-0.1, -0.05) is 35.5 Å². The lowest BCUT2D eigenvalue weighted by Crippen LogP contribution is -2.34. The molecule has 6 rings (SSSR count). The zero-order valence-corrected chi connectivity index (χ0v) is 23.2. The van der Waals surface area contributed by atoms with E-state index in [1.807, 2.05) is 40.0 Å². The minimum atomic E-state index is -1.04. The van der Waals surface area contributed by atoms with E-state index in [2.05, 4.69) is 57.5 Å². The van der Waals surface area contributed by atoms with E-state index in [1.165, 1.54) is 11.1 Å². The van der Waals surface area contributed by atoms with E-state index in [1.54, 1.807) is 10.9 Å². The molecule has 0 amide bonds. The van der Waals surface area contributed by atoms with Crippen LogP contribution in [0.5, 0.6) is 5.88 Å². The summed E-state index contributed by atoms with van der Waals surface area (Å²) >= 11 is 0. The van der Waals surface area contributed by atoms with Crippen molar-refractivity contribution in [2.45, 2.75) is 65.1 Å². The number of pyridine rings is 1. The second kappa shape index (κ2) is 9.45. The highest BCUT2D eigenvalue weighted by molar-refractivity contribution is 5.81. The number of carboxylic acid groups (broad SMARTS) is 1. The second-order valence-electron chi connectivity index (χ2n) is 11.7. The standard InChI is InChI=1S/C31H35N5O3/c1-18-16-36(17-22-7-6-14-32-29(22)39-18)25-12-10-20-8-9-21(15-24(20)25)27(31(3,4)30(37)38)23-11-13-26-28(19(23)2)33-34-35(26)5/h6-9,11,13-15,18,25,27H,10,12,16-17H2,1-5H3,(H,37,38)/t18-,25?,27?/m1/s1. The van der Waals surface area contributed by atoms with Gasteiger partial charge in [-0.05, 0) is 80.5 Å². The summed E-state index contributed by atoms with van der Waals surface area (Å²) in [5.41, 5.74) is 7.39. The first-order valence-corrected chi connectivity index (χ1v) is 13.6. The van der Waals surface area contributed by atoms with Gasteiger partial charge in [0.1, 0.15) is 11.6 Å². The maximum Gasteiger partial charge on any atom is 0.310 e. The Hall–Kier alpha value is -3.78. The number of rotatable bonds is 5. The SMILES string of the molecule is Cc1c(C(c2ccc3c(c2)C(N2Cc4cccnc4O[C@H](C)C2)CC3)C(C)(C)C(=O)O)ccc2c1nnn2C. The highest BCUT2D eigenvalue weighted by Crippen LogP contribution is 2.46. The Kier molecular flexibility index (Phi) is 6.18. The van der Waals surface area contributed by atoms with Crippen LogP contribution in [0.4, 0.5) is 0 Å². The molecule has 0 saturated heterocycles. The van der Waals surface area contributed by atoms with Gasteiger partial charge in [0, 0.05) is 43.9 Å². The van der Waals surface area contributed by atoms with Gasteiger partial charge < -0.3 is 9.84 Å². The van der Waals surface area contributed by atoms with E-state index in [9.17, 15) is 9.90 Å². The van der Waals surface area contributed by atoms with Crippen LogP contribution in [0.15, 0.2) is 48.7 Å². The molecule has 1 aliphatic heterocycles. The van der Waals surface area contributed by atoms with Gasteiger partial charge in [-0.15, -0.1) is 5.10 Å². The third-order valence-corrected chi connectivity index (χ3v) is 8.68. The van der Waals surface area contributed by atoms with Crippen molar-refractivity contribution in [3.63, 3.8) is 0 Å². The average molecular weight is 526 g/mol. The smallest absolute Gasteiger partial charge is 0.310 e. The fourth-order valence-corrected chi connectivity index (χ4v) is 6.56. The molecular formula is C31H35N5O3. The summed E-state index contributed by atoms with van der Waals surface area (Å²) in [4.78, 5) is 19.6. The van der Waals surface area contributed by atoms with Crippen molar-refractivity contribution in [1.82, 2.24) is 24.9 Å². The van der Waals surface area contributed by atoms with Gasteiger partial charge >= 0.3 is 5.97 Å². The van der Waals surface area contributed by atoms with Gasteiger partial charge in [0.05, 0.1) is 10.9 Å². The van der Waals surface area contributed by atoms with Crippen molar-refractivity contribution in [1.29, 1.82) is 0 Å². The Morgan fingerprint density at radius 1 is 1.18 bits per heavy atom. The van der Waals surface area contributed by atoms with Crippen molar-refractivity contribution in [2.75, 3.05) is 6.54 Å². The quantitative estimate of drug-likeness (QED) is 0.384. The lowest BCUT2D eigenvalue weighted by molar-refractivity contribution is -0.147. The molecule has 2 aliphatic rings. The minimum Gasteiger partial charge on any atom is -0.481 e. The third kappa shape index (κ3) is 4.27. The maximum atomic E-state index is 12.7. The lowest BCUT2D eigenvalue weighted by atomic mass is 9.69. The van der Waals surface area contributed by atoms with Gasteiger partial charge in [0.25, 0.3) is 0 Å². The van der Waals surface area contributed by atoms with Crippen LogP contribution in [0.2, 0.25) is 0 Å². The summed E-state index contributed by atoms with van der Waals surface area (Å²) < 4.78 is 7.90. The molecule has 3 heterocycles. The molecule has 2 unspecified atom stereocenters. The Morgan fingerprint density at radius 2 is 2.00 bits per heavy atom. The number of aryl methyl sites for hydroxylation is 3. The molecule has 2 aromatic carbocycles. The molecular weight excluding hydrogens is 490 g/mol. The number of hydrogen-bond acceptors (Lipinski definition) is 6. The van der Waals surface area contributed by atoms with Crippen molar-refractivity contribution in [3.05, 3.63) is 82.0 Å². The van der Waals surface area contributed by atoms with Gasteiger partial charge in [-0.25, -0.2) is 9.67 Å². The first-order chi connectivity index (χ1) is 18.6. The number of ether oxygens (including phenoxy) is 1. The summed E-state index contributed by atoms with van der Waals surface area (Å²) in [6, 6.07) is 14.9. The molecule has 0 fully saturated rings. The van der Waals surface area contributed by atoms with Crippen LogP contribution in [0.25, 0.3) is 11.0 Å². The third-order valence-electron chi connectivity index (χ3n) is 8.68. The lowest BCUT2D eigenvalue weighted by Gasteiger charge is -2.34. The van der Waals surface area contributed by atoms with Crippen LogP contribution in [0.3, 0.4) is 0 Å². The number of carboxylic acids is 1. The predicted molar refractivity (Wildman–Crippen MR) is 149 cm³/mol. The van der Waals surface area contributed by atoms with Crippen LogP contribution >= 0.6 is 0 Å². The fourth-order valence-electron chi connectivity index (χ4n) is 6.56. The molecule has 202 valence electrons. The molecule has 0 saturated carbocycles. The number of aromatic nitrogens is 4. The first-order valence-electron chi connectivity index (χ1n) is 13.6. The highest BCUT2D eigenvalue weighted by atomic mass is 16.5. The van der Waals surface area contributed by atoms with Crippen molar-refractivity contribution >= 4 is 17.0 Å². The van der Waals surface area contributed by atoms with Gasteiger partial charge in [-0.3, -0.25) is 9.69 Å². The van der Waals surface area contributed by atoms with Crippen LogP contribution < -0.4 is 4.74 Å². The van der Waals surface area contributed by atoms with Gasteiger partial charge in [0.2, 0.25) is 5.88 Å². The number of carbonyl (C=O) groups is 1. The fraction of sp³-hybridized carbons (Fsp3) is 0.419. The molecule has 0 spiro atoms. The molecule has 8 heteroatoms. The Morgan fingerprint density at radius 3 is 2.79 bits per heavy atom. The van der Waals surface area contributed by atoms with Crippen molar-refractivity contribution < 1.29 is 14.6 Å². The summed E-state index contributed by atoms with van der Waals surface area (Å²) in [5.74, 6) is -0.465. The van der Waals surface area contributed by atoms with Gasteiger partial charge in [0.15, 0.2) is 0 Å². The monoisotopic (exact) mass is 525 g/mol. The van der Waals surface area contributed by atoms with Crippen LogP contribution in [-0.4, -0.2) is 48.6 Å². The second-order valence-corrected chi connectivity index (χ2v) is 11.7. The summed E-state index contributed by atoms with van der Waals surface area (Å²) in [6.07, 6.45) is 3.83. The van der Waals surface area contributed by atoms with Crippen LogP contribution in [0, 0.1) is 12.3 Å². The van der Waals surface area contributed by atoms with E-state index >= 15 is 0 Å². The number of fused-ring (bicyclic) bond motifs is 3. The molecule has 2 aromatic heterocycles. The summed E-state index contributed by atoms with van der Waals surface area (Å²) in [7, 11) is 1.87. The van der Waals surface area contributed by atoms with Crippen LogP contribution in [-0.2, 0) is 24.8 Å². The van der Waals surface area contributed by atoms with E-state index in [0.29, 0.717) is 0 Å². The van der Waals surface area contributed by atoms with E-state index in [-0.39, 0.29) is 18.1 Å². The predicted octanol–water partition coefficient (Wildman–Crippen LogP) is 5.18. The molecule has 39 heavy (non-hydrogen) atoms. The first kappa shape index (κ1) is 25.5. The van der Waals surface area contributed by atoms with Gasteiger partial charge in [-0.2, -0.15) is 0 Å². The average Bonchev–Trinajstić information content (AvgIpc) is 3.44. The molecule has 3 atom stereocenters. The maximum absolute atomic E-state index is 12.7. The normalized spacial score (nSPS) is 20.2. The summed E-state index contributed by atoms with van der Waals surface area (Å²) in [6.45, 7) is 9.34. The van der Waals surface area contributed by atoms with E-state index in [0.717, 1.165) is 65.1 Å². The van der Waals surface area contributed by atoms with E-state index < -0.39 is 11.4 Å². The Labute approximate surface area is 228 Å². The molecule has 0 radical (unpaired) electrons. The number of aliphatic carboxylic acids is 1. The molecule has 0 bridgehead atoms. The number of nitrogens with zero attached hydrogens (tertiary/aromatic N) is 5. The number of benzene rings is 2. The molecule has 1 N–H and O–H groups in total. The highest BCUT2D eigenvalue weighted by Gasteiger charge is 2.41. The topological polar surface area (TPSA) is 93.4 Å². The molecule has 8 nitrogen and oxygen atoms in total. The Balaban J connectivity index is 1.44. The van der Waals surface area contributed by atoms with Crippen molar-refractivity contribution in [3.8, 4) is 5.88 Å². The Bertz CT molecular complexity index is 1580. The van der Waals surface area contributed by atoms with Crippen molar-refractivity contribution in [2.24, 2.45) is 12.5 Å². The van der Waals surface area contributed by atoms with Crippen LogP contribution in [0.1, 0.15) is 72.5 Å². The number of hydrogen-bond donors (Lipinski definition) is 1. The van der Waals surface area contributed by atoms with E-state index in [4.69, 9.17) is 4.74 Å². The largest absolute Gasteiger partial charge is 0.481 e. The summed E-state index contributed by atoms with van der Waals surface area (Å²) in [5, 5.41) is 19.0.